The Kier molecular flexibility index (Phi) is 2.25. The van der Waals surface area contributed by atoms with Crippen LogP contribution in [-0.4, -0.2) is 18.6 Å². The highest BCUT2D eigenvalue weighted by atomic mass is 17.2. The molecule has 0 spiro atoms. The molecular formula is C6H13NO3. The average molecular weight is 147 g/mol. The summed E-state index contributed by atoms with van der Waals surface area (Å²) in [6.45, 7) is 4.43. The summed E-state index contributed by atoms with van der Waals surface area (Å²) in [6, 6.07) is 0. The fraction of sp³-hybridized carbons (Fsp3) is 1.00. The van der Waals surface area contributed by atoms with Crippen molar-refractivity contribution in [3.8, 4) is 0 Å². The van der Waals surface area contributed by atoms with Gasteiger partial charge in [-0.1, -0.05) is 0 Å². The minimum absolute atomic E-state index is 0.284. The first-order valence-electron chi connectivity index (χ1n) is 3.32. The number of hydrogen-bond donors (Lipinski definition) is 1. The van der Waals surface area contributed by atoms with Gasteiger partial charge in [0.1, 0.15) is 5.60 Å². The van der Waals surface area contributed by atoms with Crippen molar-refractivity contribution in [3.63, 3.8) is 0 Å². The molecule has 4 nitrogen and oxygen atoms in total. The molecule has 0 aliphatic carbocycles. The van der Waals surface area contributed by atoms with Gasteiger partial charge >= 0.3 is 0 Å². The zero-order valence-corrected chi connectivity index (χ0v) is 6.29. The Morgan fingerprint density at radius 2 is 2.20 bits per heavy atom. The molecule has 4 heteroatoms. The summed E-state index contributed by atoms with van der Waals surface area (Å²) >= 11 is 0. The third kappa shape index (κ3) is 2.22. The Hall–Kier alpha value is -0.160. The van der Waals surface area contributed by atoms with Gasteiger partial charge in [-0.2, -0.15) is 4.89 Å². The van der Waals surface area contributed by atoms with E-state index >= 15 is 0 Å². The average Bonchev–Trinajstić information content (AvgIpc) is 1.94. The molecule has 0 bridgehead atoms. The van der Waals surface area contributed by atoms with E-state index in [9.17, 15) is 0 Å². The minimum atomic E-state index is -0.734. The van der Waals surface area contributed by atoms with Gasteiger partial charge in [-0.05, 0) is 13.8 Å². The molecule has 0 saturated carbocycles. The van der Waals surface area contributed by atoms with E-state index < -0.39 is 6.41 Å². The molecule has 1 atom stereocenters. The van der Waals surface area contributed by atoms with Crippen LogP contribution in [0, 0.1) is 0 Å². The van der Waals surface area contributed by atoms with E-state index in [4.69, 9.17) is 15.4 Å². The Morgan fingerprint density at radius 3 is 2.90 bits per heavy atom. The predicted molar refractivity (Wildman–Crippen MR) is 34.8 cm³/mol. The van der Waals surface area contributed by atoms with Gasteiger partial charge in [-0.25, -0.2) is 4.89 Å². The molecule has 0 aromatic rings. The van der Waals surface area contributed by atoms with Crippen LogP contribution in [0.25, 0.3) is 0 Å². The van der Waals surface area contributed by atoms with Crippen molar-refractivity contribution in [1.29, 1.82) is 0 Å². The molecule has 0 aromatic carbocycles. The summed E-state index contributed by atoms with van der Waals surface area (Å²) in [4.78, 5) is 9.63. The molecule has 0 aromatic heterocycles. The molecular weight excluding hydrogens is 134 g/mol. The van der Waals surface area contributed by atoms with E-state index in [-0.39, 0.29) is 5.60 Å². The summed E-state index contributed by atoms with van der Waals surface area (Å²) in [5.74, 6) is 0. The monoisotopic (exact) mass is 147 g/mol. The molecule has 1 rings (SSSR count). The lowest BCUT2D eigenvalue weighted by molar-refractivity contribution is -0.400. The summed E-state index contributed by atoms with van der Waals surface area (Å²) in [6.07, 6.45) is 0.0579. The second kappa shape index (κ2) is 2.84. The van der Waals surface area contributed by atoms with Gasteiger partial charge in [-0.15, -0.1) is 0 Å². The summed E-state index contributed by atoms with van der Waals surface area (Å²) < 4.78 is 4.97. The molecule has 1 heterocycles. The molecule has 60 valence electrons. The largest absolute Gasteiger partial charge is 0.338 e. The molecule has 1 saturated heterocycles. The maximum absolute atomic E-state index is 5.29. The highest BCUT2D eigenvalue weighted by Crippen LogP contribution is 2.18. The number of nitrogens with two attached hydrogens (primary N) is 1. The smallest absolute Gasteiger partial charge is 0.245 e. The molecule has 1 fully saturated rings. The maximum atomic E-state index is 5.29. The van der Waals surface area contributed by atoms with Gasteiger partial charge in [-0.3, -0.25) is 5.73 Å². The van der Waals surface area contributed by atoms with E-state index in [0.29, 0.717) is 6.61 Å². The van der Waals surface area contributed by atoms with Gasteiger partial charge in [0.25, 0.3) is 0 Å². The normalized spacial score (nSPS) is 33.3. The number of hydrogen-bond acceptors (Lipinski definition) is 4. The Labute approximate surface area is 60.2 Å². The fourth-order valence-electron chi connectivity index (χ4n) is 0.668. The van der Waals surface area contributed by atoms with E-state index in [1.165, 1.54) is 0 Å². The lowest BCUT2D eigenvalue weighted by Gasteiger charge is -2.18. The van der Waals surface area contributed by atoms with E-state index in [1.54, 1.807) is 0 Å². The van der Waals surface area contributed by atoms with Crippen molar-refractivity contribution in [2.75, 3.05) is 6.61 Å². The topological polar surface area (TPSA) is 53.7 Å². The van der Waals surface area contributed by atoms with Gasteiger partial charge in [0.05, 0.1) is 6.61 Å². The van der Waals surface area contributed by atoms with Crippen molar-refractivity contribution in [1.82, 2.24) is 0 Å². The molecule has 10 heavy (non-hydrogen) atoms. The molecule has 1 aliphatic rings. The zero-order valence-electron chi connectivity index (χ0n) is 6.29. The lowest BCUT2D eigenvalue weighted by atomic mass is 10.1. The van der Waals surface area contributed by atoms with Gasteiger partial charge < -0.3 is 4.74 Å². The second-order valence-corrected chi connectivity index (χ2v) is 2.93. The Morgan fingerprint density at radius 1 is 1.50 bits per heavy atom. The van der Waals surface area contributed by atoms with Gasteiger partial charge in [0.2, 0.25) is 6.41 Å². The zero-order chi connectivity index (χ0) is 7.61. The standard InChI is InChI=1S/C6H13NO3/c1-6(2)3-4-8-5(7)9-10-6/h5H,3-4,7H2,1-2H3. The van der Waals surface area contributed by atoms with Crippen LogP contribution >= 0.6 is 0 Å². The highest BCUT2D eigenvalue weighted by Gasteiger charge is 2.25. The SMILES string of the molecule is CC1(C)CCOC(N)OO1. The van der Waals surface area contributed by atoms with Crippen molar-refractivity contribution < 1.29 is 14.5 Å². The molecule has 0 amide bonds. The van der Waals surface area contributed by atoms with Crippen LogP contribution in [0.1, 0.15) is 20.3 Å². The molecule has 1 unspecified atom stereocenters. The molecule has 1 aliphatic heterocycles. The molecule has 0 radical (unpaired) electrons. The Balaban J connectivity index is 2.41. The summed E-state index contributed by atoms with van der Waals surface area (Å²) in [7, 11) is 0. The lowest BCUT2D eigenvalue weighted by Crippen LogP contribution is -2.28. The summed E-state index contributed by atoms with van der Waals surface area (Å²) in [5, 5.41) is 0. The number of ether oxygens (including phenoxy) is 1. The van der Waals surface area contributed by atoms with Gasteiger partial charge in [0.15, 0.2) is 0 Å². The van der Waals surface area contributed by atoms with Crippen LogP contribution < -0.4 is 5.73 Å². The third-order valence-corrected chi connectivity index (χ3v) is 1.35. The van der Waals surface area contributed by atoms with Gasteiger partial charge in [0, 0.05) is 6.42 Å². The minimum Gasteiger partial charge on any atom is -0.338 e. The van der Waals surface area contributed by atoms with Crippen molar-refractivity contribution in [2.45, 2.75) is 32.3 Å². The quantitative estimate of drug-likeness (QED) is 0.503. The maximum Gasteiger partial charge on any atom is 0.245 e. The number of rotatable bonds is 0. The van der Waals surface area contributed by atoms with Crippen molar-refractivity contribution in [2.24, 2.45) is 5.73 Å². The Bertz CT molecular complexity index is 116. The van der Waals surface area contributed by atoms with E-state index in [0.717, 1.165) is 6.42 Å². The first-order valence-corrected chi connectivity index (χ1v) is 3.32. The van der Waals surface area contributed by atoms with Crippen LogP contribution in [0.4, 0.5) is 0 Å². The third-order valence-electron chi connectivity index (χ3n) is 1.35. The highest BCUT2D eigenvalue weighted by molar-refractivity contribution is 4.66. The van der Waals surface area contributed by atoms with Crippen LogP contribution in [-0.2, 0) is 14.5 Å². The van der Waals surface area contributed by atoms with Crippen LogP contribution in [0.3, 0.4) is 0 Å². The van der Waals surface area contributed by atoms with E-state index in [1.807, 2.05) is 13.8 Å². The predicted octanol–water partition coefficient (Wildman–Crippen LogP) is 0.376. The van der Waals surface area contributed by atoms with Crippen LogP contribution in [0.15, 0.2) is 0 Å². The second-order valence-electron chi connectivity index (χ2n) is 2.93. The fourth-order valence-corrected chi connectivity index (χ4v) is 0.668. The van der Waals surface area contributed by atoms with Crippen molar-refractivity contribution in [3.05, 3.63) is 0 Å². The van der Waals surface area contributed by atoms with E-state index in [2.05, 4.69) is 4.89 Å². The summed E-state index contributed by atoms with van der Waals surface area (Å²) in [5.41, 5.74) is 5.00. The van der Waals surface area contributed by atoms with Crippen LogP contribution in [0.2, 0.25) is 0 Å². The van der Waals surface area contributed by atoms with Crippen LogP contribution in [0.5, 0.6) is 0 Å². The van der Waals surface area contributed by atoms with Crippen molar-refractivity contribution >= 4 is 0 Å². The molecule has 2 N–H and O–H groups in total. The first kappa shape index (κ1) is 7.94. The first-order chi connectivity index (χ1) is 4.60.